The summed E-state index contributed by atoms with van der Waals surface area (Å²) in [7, 11) is 0. The number of nitrogens with one attached hydrogen (secondary N) is 1. The molecule has 0 bridgehead atoms. The van der Waals surface area contributed by atoms with Crippen LogP contribution in [0, 0.1) is 24.7 Å². The Hall–Kier alpha value is -1.84. The standard InChI is InChI=1S/C17H22N2O2/c1-11-4-3-5-13(8-11)18-10-19-16(20)14-7-6-12(2)9-15(14)17(19)21/h3-5,8,12,14-15,18H,6-7,9-10H2,1-2H3/t12-,14+,15+/m0/s1. The van der Waals surface area contributed by atoms with E-state index >= 15 is 0 Å². The number of aryl methyl sites for hydroxylation is 1. The third kappa shape index (κ3) is 2.67. The number of carbonyl (C=O) groups excluding carboxylic acids is 2. The van der Waals surface area contributed by atoms with Crippen LogP contribution in [0.2, 0.25) is 0 Å². The van der Waals surface area contributed by atoms with Crippen molar-refractivity contribution in [1.29, 1.82) is 0 Å². The van der Waals surface area contributed by atoms with Crippen LogP contribution in [0.1, 0.15) is 31.7 Å². The fraction of sp³-hybridized carbons (Fsp3) is 0.529. The highest BCUT2D eigenvalue weighted by Crippen LogP contribution is 2.40. The average Bonchev–Trinajstić information content (AvgIpc) is 2.69. The molecule has 0 radical (unpaired) electrons. The molecule has 112 valence electrons. The molecular weight excluding hydrogens is 264 g/mol. The Morgan fingerprint density at radius 1 is 1.19 bits per heavy atom. The van der Waals surface area contributed by atoms with Crippen LogP contribution >= 0.6 is 0 Å². The zero-order valence-corrected chi connectivity index (χ0v) is 12.6. The molecule has 1 heterocycles. The summed E-state index contributed by atoms with van der Waals surface area (Å²) < 4.78 is 0. The maximum atomic E-state index is 12.4. The molecule has 1 aliphatic carbocycles. The summed E-state index contributed by atoms with van der Waals surface area (Å²) in [5, 5.41) is 3.19. The summed E-state index contributed by atoms with van der Waals surface area (Å²) in [5.74, 6) is 0.412. The third-order valence-electron chi connectivity index (χ3n) is 4.74. The van der Waals surface area contributed by atoms with Gasteiger partial charge in [0, 0.05) is 5.69 Å². The summed E-state index contributed by atoms with van der Waals surface area (Å²) >= 11 is 0. The minimum absolute atomic E-state index is 0.0108. The number of benzene rings is 1. The molecule has 4 heteroatoms. The van der Waals surface area contributed by atoms with Crippen LogP contribution in [0.4, 0.5) is 5.69 Å². The Morgan fingerprint density at radius 3 is 2.71 bits per heavy atom. The minimum Gasteiger partial charge on any atom is -0.367 e. The van der Waals surface area contributed by atoms with Gasteiger partial charge in [0.1, 0.15) is 0 Å². The summed E-state index contributed by atoms with van der Waals surface area (Å²) in [6.45, 7) is 4.47. The quantitative estimate of drug-likeness (QED) is 0.869. The van der Waals surface area contributed by atoms with E-state index in [4.69, 9.17) is 0 Å². The van der Waals surface area contributed by atoms with E-state index in [1.807, 2.05) is 31.2 Å². The Labute approximate surface area is 125 Å². The zero-order valence-electron chi connectivity index (χ0n) is 12.6. The van der Waals surface area contributed by atoms with Gasteiger partial charge in [0.25, 0.3) is 0 Å². The number of amides is 2. The number of likely N-dealkylation sites (tertiary alicyclic amines) is 1. The van der Waals surface area contributed by atoms with E-state index in [9.17, 15) is 9.59 Å². The fourth-order valence-electron chi connectivity index (χ4n) is 3.54. The van der Waals surface area contributed by atoms with Crippen molar-refractivity contribution >= 4 is 17.5 Å². The molecule has 3 rings (SSSR count). The highest BCUT2D eigenvalue weighted by atomic mass is 16.2. The highest BCUT2D eigenvalue weighted by Gasteiger charge is 2.49. The number of fused-ring (bicyclic) bond motifs is 1. The molecule has 2 fully saturated rings. The van der Waals surface area contributed by atoms with E-state index in [1.165, 1.54) is 4.90 Å². The Kier molecular flexibility index (Phi) is 3.70. The van der Waals surface area contributed by atoms with Gasteiger partial charge in [-0.3, -0.25) is 14.5 Å². The van der Waals surface area contributed by atoms with Crippen LogP contribution in [-0.2, 0) is 9.59 Å². The van der Waals surface area contributed by atoms with E-state index < -0.39 is 0 Å². The van der Waals surface area contributed by atoms with Crippen molar-refractivity contribution in [3.8, 4) is 0 Å². The van der Waals surface area contributed by atoms with E-state index in [-0.39, 0.29) is 30.3 Å². The van der Waals surface area contributed by atoms with Gasteiger partial charge in [0.15, 0.2) is 0 Å². The second-order valence-electron chi connectivity index (χ2n) is 6.44. The molecule has 4 nitrogen and oxygen atoms in total. The maximum Gasteiger partial charge on any atom is 0.234 e. The first-order valence-electron chi connectivity index (χ1n) is 7.72. The lowest BCUT2D eigenvalue weighted by Gasteiger charge is -2.25. The van der Waals surface area contributed by atoms with Gasteiger partial charge in [-0.05, 0) is 49.8 Å². The van der Waals surface area contributed by atoms with Crippen LogP contribution in [0.25, 0.3) is 0 Å². The van der Waals surface area contributed by atoms with Gasteiger partial charge in [-0.1, -0.05) is 19.1 Å². The van der Waals surface area contributed by atoms with Gasteiger partial charge in [-0.2, -0.15) is 0 Å². The van der Waals surface area contributed by atoms with Gasteiger partial charge >= 0.3 is 0 Å². The van der Waals surface area contributed by atoms with Crippen LogP contribution < -0.4 is 5.32 Å². The maximum absolute atomic E-state index is 12.4. The number of rotatable bonds is 3. The van der Waals surface area contributed by atoms with Gasteiger partial charge in [0.05, 0.1) is 18.5 Å². The molecule has 1 N–H and O–H groups in total. The molecule has 1 aromatic carbocycles. The van der Waals surface area contributed by atoms with Crippen molar-refractivity contribution in [3.63, 3.8) is 0 Å². The second kappa shape index (κ2) is 5.51. The lowest BCUT2D eigenvalue weighted by atomic mass is 9.76. The molecule has 21 heavy (non-hydrogen) atoms. The van der Waals surface area contributed by atoms with Crippen molar-refractivity contribution < 1.29 is 9.59 Å². The van der Waals surface area contributed by atoms with E-state index in [1.54, 1.807) is 0 Å². The number of hydrogen-bond donors (Lipinski definition) is 1. The molecule has 3 atom stereocenters. The Morgan fingerprint density at radius 2 is 1.95 bits per heavy atom. The number of nitrogens with zero attached hydrogens (tertiary/aromatic N) is 1. The second-order valence-corrected chi connectivity index (χ2v) is 6.44. The monoisotopic (exact) mass is 286 g/mol. The smallest absolute Gasteiger partial charge is 0.234 e. The lowest BCUT2D eigenvalue weighted by molar-refractivity contribution is -0.139. The predicted molar refractivity (Wildman–Crippen MR) is 81.5 cm³/mol. The van der Waals surface area contributed by atoms with Gasteiger partial charge in [-0.25, -0.2) is 0 Å². The number of carbonyl (C=O) groups is 2. The van der Waals surface area contributed by atoms with Gasteiger partial charge in [0.2, 0.25) is 11.8 Å². The molecule has 0 unspecified atom stereocenters. The largest absolute Gasteiger partial charge is 0.367 e. The van der Waals surface area contributed by atoms with E-state index in [2.05, 4.69) is 12.2 Å². The van der Waals surface area contributed by atoms with Crippen molar-refractivity contribution in [2.75, 3.05) is 12.0 Å². The summed E-state index contributed by atoms with van der Waals surface area (Å²) in [6, 6.07) is 7.95. The first kappa shape index (κ1) is 14.1. The highest BCUT2D eigenvalue weighted by molar-refractivity contribution is 6.05. The van der Waals surface area contributed by atoms with Crippen molar-refractivity contribution in [1.82, 2.24) is 4.90 Å². The SMILES string of the molecule is Cc1cccc(NCN2C(=O)[C@@H]3CC[C@H](C)C[C@H]3C2=O)c1. The predicted octanol–water partition coefficient (Wildman–Crippen LogP) is 2.79. The van der Waals surface area contributed by atoms with E-state index in [0.29, 0.717) is 5.92 Å². The minimum atomic E-state index is -0.0828. The van der Waals surface area contributed by atoms with Crippen LogP contribution in [0.5, 0.6) is 0 Å². The molecule has 0 aromatic heterocycles. The Balaban J connectivity index is 1.68. The molecule has 0 spiro atoms. The normalized spacial score (nSPS) is 28.7. The van der Waals surface area contributed by atoms with Crippen molar-refractivity contribution in [2.45, 2.75) is 33.1 Å². The number of imide groups is 1. The molecule has 2 amide bonds. The van der Waals surface area contributed by atoms with Gasteiger partial charge in [-0.15, -0.1) is 0 Å². The molecular formula is C17H22N2O2. The topological polar surface area (TPSA) is 49.4 Å². The van der Waals surface area contributed by atoms with Gasteiger partial charge < -0.3 is 5.32 Å². The third-order valence-corrected chi connectivity index (χ3v) is 4.74. The molecule has 1 saturated carbocycles. The number of anilines is 1. The molecule has 1 saturated heterocycles. The molecule has 1 aliphatic heterocycles. The Bertz CT molecular complexity index is 570. The number of hydrogen-bond acceptors (Lipinski definition) is 3. The van der Waals surface area contributed by atoms with Crippen LogP contribution in [0.3, 0.4) is 0 Å². The van der Waals surface area contributed by atoms with Crippen LogP contribution in [-0.4, -0.2) is 23.4 Å². The fourth-order valence-corrected chi connectivity index (χ4v) is 3.54. The first-order valence-corrected chi connectivity index (χ1v) is 7.72. The average molecular weight is 286 g/mol. The molecule has 2 aliphatic rings. The summed E-state index contributed by atoms with van der Waals surface area (Å²) in [4.78, 5) is 26.3. The summed E-state index contributed by atoms with van der Waals surface area (Å²) in [5.41, 5.74) is 2.10. The zero-order chi connectivity index (χ0) is 15.0. The van der Waals surface area contributed by atoms with E-state index in [0.717, 1.165) is 30.5 Å². The van der Waals surface area contributed by atoms with Crippen molar-refractivity contribution in [3.05, 3.63) is 29.8 Å². The van der Waals surface area contributed by atoms with Crippen molar-refractivity contribution in [2.24, 2.45) is 17.8 Å². The van der Waals surface area contributed by atoms with Crippen LogP contribution in [0.15, 0.2) is 24.3 Å². The summed E-state index contributed by atoms with van der Waals surface area (Å²) in [6.07, 6.45) is 2.77. The lowest BCUT2D eigenvalue weighted by Crippen LogP contribution is -2.35. The first-order chi connectivity index (χ1) is 10.1. The molecule has 1 aromatic rings.